The molecule has 0 saturated heterocycles. The van der Waals surface area contributed by atoms with Gasteiger partial charge in [-0.25, -0.2) is 4.79 Å². The summed E-state index contributed by atoms with van der Waals surface area (Å²) in [5.41, 5.74) is -0.205. The lowest BCUT2D eigenvalue weighted by Crippen LogP contribution is -2.40. The van der Waals surface area contributed by atoms with Crippen LogP contribution in [0, 0.1) is 10.1 Å². The van der Waals surface area contributed by atoms with Crippen LogP contribution in [0.2, 0.25) is 5.02 Å². The number of carbonyl (C=O) groups excluding carboxylic acids is 1. The number of aromatic nitrogens is 2. The number of rotatable bonds is 4. The molecule has 1 aromatic carbocycles. The maximum atomic E-state index is 12.2. The third-order valence-corrected chi connectivity index (χ3v) is 4.00. The molecule has 0 saturated carbocycles. The number of imidazole rings is 1. The molecule has 25 heavy (non-hydrogen) atoms. The van der Waals surface area contributed by atoms with E-state index < -0.39 is 16.6 Å². The second-order valence-electron chi connectivity index (χ2n) is 5.91. The van der Waals surface area contributed by atoms with Crippen LogP contribution in [0.4, 0.5) is 16.3 Å². The van der Waals surface area contributed by atoms with Gasteiger partial charge in [0, 0.05) is 22.7 Å². The van der Waals surface area contributed by atoms with Crippen molar-refractivity contribution in [1.29, 1.82) is 0 Å². The molecule has 0 spiro atoms. The van der Waals surface area contributed by atoms with Gasteiger partial charge in [-0.1, -0.05) is 11.6 Å². The summed E-state index contributed by atoms with van der Waals surface area (Å²) in [4.78, 5) is 27.4. The van der Waals surface area contributed by atoms with Gasteiger partial charge >= 0.3 is 17.9 Å². The van der Waals surface area contributed by atoms with Crippen molar-refractivity contribution in [1.82, 2.24) is 9.55 Å². The van der Waals surface area contributed by atoms with E-state index in [0.717, 1.165) is 0 Å². The number of ether oxygens (including phenoxy) is 2. The number of hydrogen-bond acceptors (Lipinski definition) is 6. The Morgan fingerprint density at radius 1 is 1.52 bits per heavy atom. The molecule has 0 N–H and O–H groups in total. The highest BCUT2D eigenvalue weighted by Crippen LogP contribution is 2.31. The molecule has 1 aliphatic heterocycles. The fourth-order valence-electron chi connectivity index (χ4n) is 2.44. The Labute approximate surface area is 147 Å². The Hall–Kier alpha value is -2.81. The van der Waals surface area contributed by atoms with Gasteiger partial charge in [0.2, 0.25) is 0 Å². The molecule has 1 atom stereocenters. The molecular weight excluding hydrogens is 352 g/mol. The minimum atomic E-state index is -0.839. The first-order valence-electron chi connectivity index (χ1n) is 7.34. The number of nitrogens with zero attached hydrogens (tertiary/aromatic N) is 4. The predicted octanol–water partition coefficient (Wildman–Crippen LogP) is 2.87. The van der Waals surface area contributed by atoms with Crippen LogP contribution in [0.15, 0.2) is 30.5 Å². The molecule has 0 fully saturated rings. The zero-order valence-corrected chi connectivity index (χ0v) is 14.3. The maximum absolute atomic E-state index is 12.2. The van der Waals surface area contributed by atoms with Gasteiger partial charge in [-0.15, -0.1) is 0 Å². The summed E-state index contributed by atoms with van der Waals surface area (Å²) >= 11 is 5.82. The molecule has 1 aromatic heterocycles. The second-order valence-corrected chi connectivity index (χ2v) is 6.35. The number of carbonyl (C=O) groups is 1. The fourth-order valence-corrected chi connectivity index (χ4v) is 2.56. The third-order valence-electron chi connectivity index (χ3n) is 3.75. The number of anilines is 1. The van der Waals surface area contributed by atoms with Gasteiger partial charge in [-0.05, 0) is 36.1 Å². The molecule has 0 bridgehead atoms. The second kappa shape index (κ2) is 6.25. The van der Waals surface area contributed by atoms with Crippen LogP contribution >= 0.6 is 11.6 Å². The molecule has 132 valence electrons. The Morgan fingerprint density at radius 3 is 2.80 bits per heavy atom. The molecule has 2 heterocycles. The minimum absolute atomic E-state index is 0.0269. The molecule has 0 unspecified atom stereocenters. The fraction of sp³-hybridized carbons (Fsp3) is 0.333. The Morgan fingerprint density at radius 2 is 2.20 bits per heavy atom. The zero-order valence-electron chi connectivity index (χ0n) is 13.5. The van der Waals surface area contributed by atoms with Crippen molar-refractivity contribution in [2.75, 3.05) is 18.6 Å². The minimum Gasteiger partial charge on any atom is -0.445 e. The smallest absolute Gasteiger partial charge is 0.415 e. The van der Waals surface area contributed by atoms with Gasteiger partial charge in [-0.2, -0.15) is 0 Å². The third kappa shape index (κ3) is 3.50. The Balaban J connectivity index is 1.59. The van der Waals surface area contributed by atoms with Crippen molar-refractivity contribution >= 4 is 29.2 Å². The highest BCUT2D eigenvalue weighted by atomic mass is 35.5. The van der Waals surface area contributed by atoms with E-state index in [0.29, 0.717) is 17.3 Å². The topological polar surface area (TPSA) is 99.7 Å². The van der Waals surface area contributed by atoms with Gasteiger partial charge in [0.05, 0.1) is 6.54 Å². The SMILES string of the molecule is CN(C(=O)OC[C@@]1(C)Cn2cc([N+](=O)[O-])nc2O1)c1ccc(Cl)cc1. The highest BCUT2D eigenvalue weighted by Gasteiger charge is 2.41. The van der Waals surface area contributed by atoms with Gasteiger partial charge < -0.3 is 19.6 Å². The number of nitro groups is 1. The molecule has 9 nitrogen and oxygen atoms in total. The maximum Gasteiger partial charge on any atom is 0.415 e. The summed E-state index contributed by atoms with van der Waals surface area (Å²) in [6.45, 7) is 2.01. The number of benzene rings is 1. The van der Waals surface area contributed by atoms with E-state index >= 15 is 0 Å². The van der Waals surface area contributed by atoms with Crippen LogP contribution in [-0.2, 0) is 11.3 Å². The largest absolute Gasteiger partial charge is 0.445 e. The van der Waals surface area contributed by atoms with Crippen LogP contribution in [0.5, 0.6) is 6.01 Å². The lowest BCUT2D eigenvalue weighted by Gasteiger charge is -2.24. The summed E-state index contributed by atoms with van der Waals surface area (Å²) < 4.78 is 12.4. The van der Waals surface area contributed by atoms with Crippen LogP contribution < -0.4 is 9.64 Å². The van der Waals surface area contributed by atoms with E-state index in [2.05, 4.69) is 4.98 Å². The van der Waals surface area contributed by atoms with Crippen molar-refractivity contribution in [3.63, 3.8) is 0 Å². The summed E-state index contributed by atoms with van der Waals surface area (Å²) in [5.74, 6) is -0.281. The van der Waals surface area contributed by atoms with Crippen molar-refractivity contribution in [3.8, 4) is 6.01 Å². The van der Waals surface area contributed by atoms with Crippen molar-refractivity contribution < 1.29 is 19.2 Å². The Bertz CT molecular complexity index is 796. The molecule has 1 aliphatic rings. The molecule has 0 radical (unpaired) electrons. The normalized spacial score (nSPS) is 18.4. The number of hydrogen-bond donors (Lipinski definition) is 0. The van der Waals surface area contributed by atoms with E-state index in [1.54, 1.807) is 38.2 Å². The summed E-state index contributed by atoms with van der Waals surface area (Å²) in [6.07, 6.45) is 0.741. The van der Waals surface area contributed by atoms with Gasteiger partial charge in [0.15, 0.2) is 5.60 Å². The van der Waals surface area contributed by atoms with Crippen LogP contribution in [0.25, 0.3) is 0 Å². The first-order valence-corrected chi connectivity index (χ1v) is 7.72. The lowest BCUT2D eigenvalue weighted by atomic mass is 10.1. The van der Waals surface area contributed by atoms with Crippen LogP contribution in [0.1, 0.15) is 6.92 Å². The molecule has 0 aliphatic carbocycles. The van der Waals surface area contributed by atoms with Gasteiger partial charge in [-0.3, -0.25) is 9.47 Å². The average molecular weight is 367 g/mol. The lowest BCUT2D eigenvalue weighted by molar-refractivity contribution is -0.389. The number of halogens is 1. The van der Waals surface area contributed by atoms with E-state index in [-0.39, 0.29) is 18.4 Å². The van der Waals surface area contributed by atoms with Crippen LogP contribution in [-0.4, -0.2) is 39.8 Å². The van der Waals surface area contributed by atoms with E-state index in [4.69, 9.17) is 21.1 Å². The summed E-state index contributed by atoms with van der Waals surface area (Å²) in [5, 5.41) is 11.3. The predicted molar refractivity (Wildman–Crippen MR) is 89.1 cm³/mol. The standard InChI is InChI=1S/C15H15ClN4O5/c1-15(8-19-7-12(20(22)23)17-13(19)25-15)9-24-14(21)18(2)11-5-3-10(16)4-6-11/h3-7H,8-9H2,1-2H3/t15-/m1/s1. The Kier molecular flexibility index (Phi) is 4.25. The van der Waals surface area contributed by atoms with Crippen molar-refractivity contribution in [2.24, 2.45) is 0 Å². The summed E-state index contributed by atoms with van der Waals surface area (Å²) in [7, 11) is 1.58. The van der Waals surface area contributed by atoms with E-state index in [9.17, 15) is 14.9 Å². The first kappa shape index (κ1) is 17.0. The summed E-state index contributed by atoms with van der Waals surface area (Å²) in [6, 6.07) is 6.89. The quantitative estimate of drug-likeness (QED) is 0.609. The highest BCUT2D eigenvalue weighted by molar-refractivity contribution is 6.30. The van der Waals surface area contributed by atoms with E-state index in [1.165, 1.54) is 15.7 Å². The molecule has 2 aromatic rings. The van der Waals surface area contributed by atoms with Crippen molar-refractivity contribution in [3.05, 3.63) is 45.6 Å². The van der Waals surface area contributed by atoms with Gasteiger partial charge in [0.25, 0.3) is 0 Å². The van der Waals surface area contributed by atoms with Crippen LogP contribution in [0.3, 0.4) is 0 Å². The number of fused-ring (bicyclic) bond motifs is 1. The molecule has 3 rings (SSSR count). The zero-order chi connectivity index (χ0) is 18.2. The monoisotopic (exact) mass is 366 g/mol. The van der Waals surface area contributed by atoms with E-state index in [1.807, 2.05) is 0 Å². The van der Waals surface area contributed by atoms with Gasteiger partial charge in [0.1, 0.15) is 12.8 Å². The molecule has 10 heteroatoms. The first-order chi connectivity index (χ1) is 11.8. The average Bonchev–Trinajstić information content (AvgIpc) is 3.08. The molecule has 1 amide bonds. The van der Waals surface area contributed by atoms with Crippen molar-refractivity contribution in [2.45, 2.75) is 19.1 Å². The number of amides is 1. The molecular formula is C15H15ClN4O5.